The fourth-order valence-corrected chi connectivity index (χ4v) is 10.4. The molecule has 3 aromatic carbocycles. The van der Waals surface area contributed by atoms with Crippen LogP contribution in [0.5, 0.6) is 0 Å². The molecule has 2 unspecified atom stereocenters. The number of nitrogens with one attached hydrogen (secondary N) is 1. The number of ether oxygens (including phenoxy) is 15. The summed E-state index contributed by atoms with van der Waals surface area (Å²) in [7, 11) is 0. The lowest BCUT2D eigenvalue weighted by molar-refractivity contribution is -0.270. The van der Waals surface area contributed by atoms with Gasteiger partial charge in [-0.25, -0.2) is 4.99 Å². The molecule has 0 aromatic heterocycles. The van der Waals surface area contributed by atoms with E-state index in [0.717, 1.165) is 44.4 Å². The van der Waals surface area contributed by atoms with Gasteiger partial charge in [-0.1, -0.05) is 91.0 Å². The summed E-state index contributed by atoms with van der Waals surface area (Å²) in [4.78, 5) is 159. The Kier molecular flexibility index (Phi) is 52.5. The van der Waals surface area contributed by atoms with Gasteiger partial charge in [0.2, 0.25) is 18.5 Å². The third kappa shape index (κ3) is 45.2. The molecular weight excluding hydrogens is 1580 g/mol. The fourth-order valence-electron chi connectivity index (χ4n) is 10.4. The summed E-state index contributed by atoms with van der Waals surface area (Å²) >= 11 is 0. The number of rotatable bonds is 29. The van der Waals surface area contributed by atoms with Gasteiger partial charge in [-0.05, 0) is 55.2 Å². The fraction of sp³-hybridized carbons (Fsp3) is 0.571. The van der Waals surface area contributed by atoms with Gasteiger partial charge in [-0.3, -0.25) is 67.1 Å². The van der Waals surface area contributed by atoms with Gasteiger partial charge in [0.25, 0.3) is 0 Å². The second kappa shape index (κ2) is 58.6. The smallest absolute Gasteiger partial charge is 0.313 e. The number of unbranched alkanes of at least 4 members (excludes halogenated alkanes) is 2. The van der Waals surface area contributed by atoms with Gasteiger partial charge in [0.15, 0.2) is 42.6 Å². The van der Waals surface area contributed by atoms with Crippen molar-refractivity contribution in [2.75, 3.05) is 33.0 Å². The Bertz CT molecular complexity index is 3500. The van der Waals surface area contributed by atoms with Gasteiger partial charge < -0.3 is 118 Å². The normalized spacial score (nSPS) is 22.9. The van der Waals surface area contributed by atoms with Crippen LogP contribution in [0.4, 0.5) is 0 Å². The number of carboxylic acid groups (broad SMARTS) is 1. The van der Waals surface area contributed by atoms with E-state index in [9.17, 15) is 77.3 Å². The first kappa shape index (κ1) is 105. The molecule has 3 aromatic rings. The molecule has 5 heterocycles. The molecule has 8 rings (SSSR count). The number of nitrogens with two attached hydrogens (primary N) is 1. The van der Waals surface area contributed by atoms with Gasteiger partial charge in [-0.2, -0.15) is 0 Å². The SMILES string of the molecule is CC(=O)N[C@H]1C(OC(C)=O)O[C@H](COC(C)=O)[C@H](OC(C)=O)[C@@H]1OC(C)=O.CC(=O)OC[C@H]1O[C@@H]2OC(C)=N[C@@H]2[C@@H](OC(C)=O)[C@H]1OC(C)=O.Cl.N[C@H]1C(O)O[C@H](CO)[C@H](O)[C@@H]1O.O=C(CCCCO)OCc1ccccc1.O=C(CCCCO)OCc1ccccc1.O=C(O)CCCC(=O)OCc1ccccc1.O=C1CCCC(=O)O1. The Balaban J connectivity index is 0.000000699. The number of halogens is 1. The summed E-state index contributed by atoms with van der Waals surface area (Å²) in [5, 5.41) is 64.0. The number of carbonyl (C=O) groups excluding carboxylic acids is 13. The summed E-state index contributed by atoms with van der Waals surface area (Å²) in [5.74, 6) is -7.05. The van der Waals surface area contributed by atoms with Crippen LogP contribution < -0.4 is 11.1 Å². The van der Waals surface area contributed by atoms with E-state index in [1.807, 2.05) is 91.0 Å². The van der Waals surface area contributed by atoms with Crippen LogP contribution in [0.25, 0.3) is 0 Å². The highest BCUT2D eigenvalue weighted by molar-refractivity contribution is 5.88. The maximum absolute atomic E-state index is 11.6. The topological polar surface area (TPSA) is 569 Å². The Labute approximate surface area is 681 Å². The van der Waals surface area contributed by atoms with E-state index in [4.69, 9.17) is 97.6 Å². The number of aliphatic carboxylic acids is 1. The number of nitrogens with zero attached hydrogens (tertiary/aromatic N) is 1. The maximum atomic E-state index is 11.6. The summed E-state index contributed by atoms with van der Waals surface area (Å²) in [5.41, 5.74) is 8.17. The van der Waals surface area contributed by atoms with Crippen LogP contribution in [0, 0.1) is 0 Å². The number of aliphatic hydroxyl groups excluding tert-OH is 6. The average Bonchev–Trinajstić information content (AvgIpc) is 1.75. The van der Waals surface area contributed by atoms with Crippen molar-refractivity contribution in [3.8, 4) is 0 Å². The van der Waals surface area contributed by atoms with Crippen molar-refractivity contribution in [1.29, 1.82) is 0 Å². The highest BCUT2D eigenvalue weighted by atomic mass is 35.5. The zero-order valence-corrected chi connectivity index (χ0v) is 67.2. The van der Waals surface area contributed by atoms with Crippen molar-refractivity contribution in [1.82, 2.24) is 5.32 Å². The predicted octanol–water partition coefficient (Wildman–Crippen LogP) is 2.34. The van der Waals surface area contributed by atoms with Crippen LogP contribution in [0.3, 0.4) is 0 Å². The molecular formula is C77H108ClN3O36. The van der Waals surface area contributed by atoms with E-state index in [-0.39, 0.29) is 88.1 Å². The molecule has 5 aliphatic rings. The molecule has 4 fully saturated rings. The highest BCUT2D eigenvalue weighted by Crippen LogP contribution is 2.33. The van der Waals surface area contributed by atoms with Crippen LogP contribution in [0.2, 0.25) is 0 Å². The molecule has 15 atom stereocenters. The van der Waals surface area contributed by atoms with Crippen molar-refractivity contribution in [2.24, 2.45) is 10.7 Å². The zero-order chi connectivity index (χ0) is 86.8. The highest BCUT2D eigenvalue weighted by Gasteiger charge is 2.55. The lowest BCUT2D eigenvalue weighted by Gasteiger charge is -2.44. The van der Waals surface area contributed by atoms with E-state index in [0.29, 0.717) is 83.3 Å². The third-order valence-electron chi connectivity index (χ3n) is 15.7. The lowest BCUT2D eigenvalue weighted by Crippen LogP contribution is -2.66. The number of esters is 12. The second-order valence-corrected chi connectivity index (χ2v) is 25.6. The van der Waals surface area contributed by atoms with E-state index in [1.165, 1.54) is 27.7 Å². The molecule has 654 valence electrons. The van der Waals surface area contributed by atoms with E-state index in [2.05, 4.69) is 15.0 Å². The number of cyclic esters (lactones) is 2. The summed E-state index contributed by atoms with van der Waals surface area (Å²) < 4.78 is 76.5. The average molecular weight is 1690 g/mol. The van der Waals surface area contributed by atoms with Crippen molar-refractivity contribution >= 4 is 102 Å². The first-order valence-corrected chi connectivity index (χ1v) is 36.7. The molecule has 117 heavy (non-hydrogen) atoms. The lowest BCUT2D eigenvalue weighted by atomic mass is 9.96. The molecule has 39 nitrogen and oxygen atoms in total. The quantitative estimate of drug-likeness (QED) is 0.0208. The minimum atomic E-state index is -1.37. The molecule has 10 N–H and O–H groups in total. The minimum absolute atomic E-state index is 0. The van der Waals surface area contributed by atoms with Crippen molar-refractivity contribution in [3.05, 3.63) is 108 Å². The molecule has 5 aliphatic heterocycles. The predicted molar refractivity (Wildman–Crippen MR) is 402 cm³/mol. The molecule has 0 radical (unpaired) electrons. The Morgan fingerprint density at radius 3 is 1.24 bits per heavy atom. The molecule has 0 saturated carbocycles. The minimum Gasteiger partial charge on any atom is -0.481 e. The number of hydrogen-bond acceptors (Lipinski definition) is 37. The molecule has 0 bridgehead atoms. The van der Waals surface area contributed by atoms with E-state index < -0.39 is 152 Å². The Morgan fingerprint density at radius 2 is 0.872 bits per heavy atom. The molecule has 0 aliphatic carbocycles. The molecule has 40 heteroatoms. The summed E-state index contributed by atoms with van der Waals surface area (Å²) in [6.45, 7) is 11.2. The number of benzene rings is 3. The van der Waals surface area contributed by atoms with Crippen LogP contribution in [0.1, 0.15) is 156 Å². The van der Waals surface area contributed by atoms with Gasteiger partial charge in [0.05, 0.1) is 12.6 Å². The van der Waals surface area contributed by atoms with Gasteiger partial charge in [0.1, 0.15) is 69.6 Å². The number of carbonyl (C=O) groups is 14. The number of hydrogen-bond donors (Lipinski definition) is 9. The first-order chi connectivity index (χ1) is 55.0. The Hall–Kier alpha value is -10.2. The standard InChI is InChI=1S/C16H23NO10.C14H19NO8.C12H14O4.2C12H16O3.C6H13NO5.C5H6O3.ClH/c1-7(18)17-13-15(25-10(4)21)14(24-9(3)20)12(6-23-8(2)19)27-16(13)26-11(5)22;1-6-15-11-13(22-9(4)18)12(21-8(3)17)10(5-19-7(2)16)23-14(11)20-6;13-11(14)7-4-8-12(15)16-9-10-5-2-1-3-6-10;2*13-9-5-4-8-12(14)15-10-11-6-2-1-3-7-11;7-3-5(10)4(9)2(1-8)12-6(3)11;6-4-2-1-3-5(7)8-4;/h12-16H,6H2,1-5H3,(H,17,18);10-14H,5H2,1-4H3;1-3,5-6H,4,7-9H2,(H,13,14);2*1-3,6-7,13H,4-5,8-10H2;2-6,8-11H,1,7H2;1-3H2;1H/t12-,13-,14+,15-,16?;10-,11-,12+,13-,14+;;;;2-,3-,4+,5-,6?;;/m11...1../s1. The Morgan fingerprint density at radius 1 is 0.479 bits per heavy atom. The second-order valence-electron chi connectivity index (χ2n) is 25.6. The number of aliphatic hydroxyl groups is 6. The zero-order valence-electron chi connectivity index (χ0n) is 66.4. The first-order valence-electron chi connectivity index (χ1n) is 36.7. The monoisotopic (exact) mass is 1690 g/mol. The van der Waals surface area contributed by atoms with E-state index >= 15 is 0 Å². The van der Waals surface area contributed by atoms with Gasteiger partial charge >= 0.3 is 77.6 Å². The van der Waals surface area contributed by atoms with Crippen molar-refractivity contribution < 1.29 is 174 Å². The number of amides is 1. The third-order valence-corrected chi connectivity index (χ3v) is 15.7. The summed E-state index contributed by atoms with van der Waals surface area (Å²) in [6, 6.07) is 25.7. The van der Waals surface area contributed by atoms with Crippen molar-refractivity contribution in [3.63, 3.8) is 0 Å². The van der Waals surface area contributed by atoms with Gasteiger partial charge in [-0.15, -0.1) is 12.4 Å². The van der Waals surface area contributed by atoms with Crippen LogP contribution in [0.15, 0.2) is 96.0 Å². The molecule has 0 spiro atoms. The van der Waals surface area contributed by atoms with Crippen LogP contribution >= 0.6 is 12.4 Å². The van der Waals surface area contributed by atoms with Crippen molar-refractivity contribution in [2.45, 2.75) is 251 Å². The number of fused-ring (bicyclic) bond motifs is 1. The molecule has 1 amide bonds. The number of aliphatic imine (C=N–C) groups is 1. The van der Waals surface area contributed by atoms with Gasteiger partial charge in [0, 0.05) is 114 Å². The summed E-state index contributed by atoms with van der Waals surface area (Å²) in [6.07, 6.45) is -7.96. The maximum Gasteiger partial charge on any atom is 0.313 e. The van der Waals surface area contributed by atoms with E-state index in [1.54, 1.807) is 6.92 Å². The largest absolute Gasteiger partial charge is 0.481 e. The van der Waals surface area contributed by atoms with Crippen LogP contribution in [-0.4, -0.2) is 250 Å². The number of carboxylic acids is 1. The van der Waals surface area contributed by atoms with Crippen LogP contribution in [-0.2, 0) is 158 Å². The molecule has 4 saturated heterocycles.